The minimum atomic E-state index is -4.54. The second-order valence-electron chi connectivity index (χ2n) is 6.57. The fraction of sp³-hybridized carbons (Fsp3) is 0.227. The summed E-state index contributed by atoms with van der Waals surface area (Å²) in [7, 11) is 4.40. The highest BCUT2D eigenvalue weighted by Crippen LogP contribution is 2.35. The lowest BCUT2D eigenvalue weighted by atomic mass is 10.1. The van der Waals surface area contributed by atoms with Crippen LogP contribution in [0.5, 0.6) is 17.2 Å². The van der Waals surface area contributed by atoms with Gasteiger partial charge in [-0.05, 0) is 42.5 Å². The number of amides is 1. The molecule has 0 aliphatic rings. The lowest BCUT2D eigenvalue weighted by molar-refractivity contribution is -0.137. The Morgan fingerprint density at radius 2 is 1.70 bits per heavy atom. The van der Waals surface area contributed by atoms with Gasteiger partial charge in [0.2, 0.25) is 5.91 Å². The maximum atomic E-state index is 13.0. The second-order valence-corrected chi connectivity index (χ2v) is 7.57. The zero-order chi connectivity index (χ0) is 24.0. The van der Waals surface area contributed by atoms with Gasteiger partial charge in [-0.1, -0.05) is 11.8 Å². The first-order valence-electron chi connectivity index (χ1n) is 9.49. The van der Waals surface area contributed by atoms with Gasteiger partial charge in [-0.3, -0.25) is 4.79 Å². The van der Waals surface area contributed by atoms with Crippen LogP contribution in [-0.4, -0.2) is 43.2 Å². The molecule has 3 aromatic rings. The number of carbonyl (C=O) groups excluding carboxylic acids is 1. The monoisotopic (exact) mass is 479 g/mol. The molecule has 1 N–H and O–H groups in total. The van der Waals surface area contributed by atoms with Crippen molar-refractivity contribution in [3.8, 4) is 28.5 Å². The van der Waals surface area contributed by atoms with Crippen molar-refractivity contribution >= 4 is 23.4 Å². The topological polar surface area (TPSA) is 82.6 Å². The van der Waals surface area contributed by atoms with E-state index >= 15 is 0 Å². The molecule has 0 spiro atoms. The molecule has 2 aromatic carbocycles. The molecule has 0 saturated heterocycles. The van der Waals surface area contributed by atoms with Crippen molar-refractivity contribution in [2.75, 3.05) is 32.4 Å². The molecular formula is C22H20F3N3O4S. The Hall–Kier alpha value is -3.47. The summed E-state index contributed by atoms with van der Waals surface area (Å²) in [6.07, 6.45) is -4.54. The van der Waals surface area contributed by atoms with Crippen LogP contribution < -0.4 is 19.5 Å². The molecule has 1 aromatic heterocycles. The van der Waals surface area contributed by atoms with Crippen LogP contribution in [-0.2, 0) is 11.0 Å². The quantitative estimate of drug-likeness (QED) is 0.459. The number of anilines is 1. The molecule has 0 aliphatic carbocycles. The SMILES string of the molecule is COc1ccc(-c2ccc(SCC(=O)Nc3cc(C(F)(F)F)ccc3OC)nn2)c(OC)c1. The Labute approximate surface area is 192 Å². The summed E-state index contributed by atoms with van der Waals surface area (Å²) in [5.41, 5.74) is 0.335. The number of ether oxygens (including phenoxy) is 3. The van der Waals surface area contributed by atoms with E-state index in [1.54, 1.807) is 37.4 Å². The number of carbonyl (C=O) groups is 1. The molecular weight excluding hydrogens is 459 g/mol. The number of nitrogens with zero attached hydrogens (tertiary/aromatic N) is 2. The molecule has 0 aliphatic heterocycles. The van der Waals surface area contributed by atoms with Crippen LogP contribution in [0.25, 0.3) is 11.3 Å². The minimum absolute atomic E-state index is 0.0639. The number of hydrogen-bond acceptors (Lipinski definition) is 7. The Balaban J connectivity index is 1.66. The maximum Gasteiger partial charge on any atom is 0.416 e. The van der Waals surface area contributed by atoms with Crippen LogP contribution in [0.3, 0.4) is 0 Å². The predicted molar refractivity (Wildman–Crippen MR) is 118 cm³/mol. The smallest absolute Gasteiger partial charge is 0.416 e. The van der Waals surface area contributed by atoms with Crippen LogP contribution in [0.15, 0.2) is 53.6 Å². The van der Waals surface area contributed by atoms with Gasteiger partial charge in [0.25, 0.3) is 0 Å². The first-order chi connectivity index (χ1) is 15.7. The molecule has 0 fully saturated rings. The van der Waals surface area contributed by atoms with Gasteiger partial charge in [-0.15, -0.1) is 10.2 Å². The number of thioether (sulfide) groups is 1. The Morgan fingerprint density at radius 3 is 2.30 bits per heavy atom. The fourth-order valence-corrected chi connectivity index (χ4v) is 3.47. The van der Waals surface area contributed by atoms with Crippen LogP contribution >= 0.6 is 11.8 Å². The Kier molecular flexibility index (Phi) is 7.64. The van der Waals surface area contributed by atoms with Crippen LogP contribution in [0.4, 0.5) is 18.9 Å². The van der Waals surface area contributed by atoms with Crippen molar-refractivity contribution < 1.29 is 32.2 Å². The highest BCUT2D eigenvalue weighted by atomic mass is 32.2. The average molecular weight is 479 g/mol. The first-order valence-corrected chi connectivity index (χ1v) is 10.5. The zero-order valence-corrected chi connectivity index (χ0v) is 18.7. The Bertz CT molecular complexity index is 1120. The third kappa shape index (κ3) is 6.07. The van der Waals surface area contributed by atoms with E-state index in [4.69, 9.17) is 14.2 Å². The summed E-state index contributed by atoms with van der Waals surface area (Å²) in [4.78, 5) is 12.3. The molecule has 3 rings (SSSR count). The number of aromatic nitrogens is 2. The highest BCUT2D eigenvalue weighted by molar-refractivity contribution is 7.99. The van der Waals surface area contributed by atoms with Gasteiger partial charge in [0.15, 0.2) is 0 Å². The van der Waals surface area contributed by atoms with E-state index in [0.717, 1.165) is 35.5 Å². The van der Waals surface area contributed by atoms with Crippen LogP contribution in [0, 0.1) is 0 Å². The average Bonchev–Trinajstić information content (AvgIpc) is 2.82. The molecule has 7 nitrogen and oxygen atoms in total. The van der Waals surface area contributed by atoms with Gasteiger partial charge in [0, 0.05) is 11.6 Å². The summed E-state index contributed by atoms with van der Waals surface area (Å²) < 4.78 is 54.5. The number of rotatable bonds is 8. The zero-order valence-electron chi connectivity index (χ0n) is 17.9. The second kappa shape index (κ2) is 10.4. The van der Waals surface area contributed by atoms with Crippen molar-refractivity contribution in [2.24, 2.45) is 0 Å². The molecule has 33 heavy (non-hydrogen) atoms. The number of benzene rings is 2. The standard InChI is InChI=1S/C22H20F3N3O4S/c1-30-14-5-6-15(19(11-14)32-3)16-7-9-21(28-27-16)33-12-20(29)26-17-10-13(22(23,24)25)4-8-18(17)31-2/h4-11H,12H2,1-3H3,(H,26,29). The minimum Gasteiger partial charge on any atom is -0.497 e. The molecule has 0 bridgehead atoms. The van der Waals surface area contributed by atoms with E-state index in [1.165, 1.54) is 14.2 Å². The summed E-state index contributed by atoms with van der Waals surface area (Å²) in [5, 5.41) is 11.2. The number of hydrogen-bond donors (Lipinski definition) is 1. The molecule has 1 heterocycles. The summed E-state index contributed by atoms with van der Waals surface area (Å²) in [5.74, 6) is 0.733. The number of nitrogens with one attached hydrogen (secondary N) is 1. The molecule has 0 saturated carbocycles. The van der Waals surface area contributed by atoms with E-state index in [-0.39, 0.29) is 17.2 Å². The highest BCUT2D eigenvalue weighted by Gasteiger charge is 2.31. The van der Waals surface area contributed by atoms with E-state index in [9.17, 15) is 18.0 Å². The van der Waals surface area contributed by atoms with Gasteiger partial charge in [0.1, 0.15) is 22.3 Å². The van der Waals surface area contributed by atoms with Gasteiger partial charge in [-0.25, -0.2) is 0 Å². The van der Waals surface area contributed by atoms with Crippen LogP contribution in [0.1, 0.15) is 5.56 Å². The lowest BCUT2D eigenvalue weighted by Gasteiger charge is -2.13. The van der Waals surface area contributed by atoms with Crippen molar-refractivity contribution in [1.29, 1.82) is 0 Å². The predicted octanol–water partition coefficient (Wildman–Crippen LogP) is 4.92. The fourth-order valence-electron chi connectivity index (χ4n) is 2.86. The van der Waals surface area contributed by atoms with Crippen molar-refractivity contribution in [1.82, 2.24) is 10.2 Å². The van der Waals surface area contributed by atoms with E-state index < -0.39 is 17.6 Å². The molecule has 11 heteroatoms. The molecule has 1 amide bonds. The number of alkyl halides is 3. The van der Waals surface area contributed by atoms with Gasteiger partial charge >= 0.3 is 6.18 Å². The van der Waals surface area contributed by atoms with Gasteiger partial charge in [-0.2, -0.15) is 13.2 Å². The van der Waals surface area contributed by atoms with Gasteiger partial charge in [0.05, 0.1) is 44.0 Å². The third-order valence-corrected chi connectivity index (χ3v) is 5.40. The van der Waals surface area contributed by atoms with E-state index in [0.29, 0.717) is 22.2 Å². The maximum absolute atomic E-state index is 13.0. The van der Waals surface area contributed by atoms with Gasteiger partial charge < -0.3 is 19.5 Å². The van der Waals surface area contributed by atoms with Crippen molar-refractivity contribution in [2.45, 2.75) is 11.2 Å². The number of methoxy groups -OCH3 is 3. The number of halogens is 3. The molecule has 0 atom stereocenters. The van der Waals surface area contributed by atoms with Crippen molar-refractivity contribution in [3.63, 3.8) is 0 Å². The Morgan fingerprint density at radius 1 is 0.939 bits per heavy atom. The molecule has 0 radical (unpaired) electrons. The summed E-state index contributed by atoms with van der Waals surface area (Å²) in [6, 6.07) is 11.6. The lowest BCUT2D eigenvalue weighted by Crippen LogP contribution is -2.16. The van der Waals surface area contributed by atoms with E-state index in [2.05, 4.69) is 15.5 Å². The van der Waals surface area contributed by atoms with Crippen molar-refractivity contribution in [3.05, 3.63) is 54.1 Å². The third-order valence-electron chi connectivity index (χ3n) is 4.48. The normalized spacial score (nSPS) is 11.1. The largest absolute Gasteiger partial charge is 0.497 e. The molecule has 174 valence electrons. The summed E-state index contributed by atoms with van der Waals surface area (Å²) >= 11 is 1.09. The first kappa shape index (κ1) is 24.2. The van der Waals surface area contributed by atoms with Crippen LogP contribution in [0.2, 0.25) is 0 Å². The van der Waals surface area contributed by atoms with E-state index in [1.807, 2.05) is 0 Å². The summed E-state index contributed by atoms with van der Waals surface area (Å²) in [6.45, 7) is 0. The molecule has 0 unspecified atom stereocenters.